The van der Waals surface area contributed by atoms with Gasteiger partial charge in [-0.25, -0.2) is 4.98 Å². The van der Waals surface area contributed by atoms with Crippen molar-refractivity contribution in [1.29, 1.82) is 0 Å². The quantitative estimate of drug-likeness (QED) is 0.525. The highest BCUT2D eigenvalue weighted by atomic mass is 32.1. The van der Waals surface area contributed by atoms with Crippen LogP contribution in [0.2, 0.25) is 0 Å². The number of hydrogen-bond donors (Lipinski definition) is 0. The van der Waals surface area contributed by atoms with Crippen LogP contribution in [0.4, 0.5) is 0 Å². The zero-order chi connectivity index (χ0) is 17.9. The first-order chi connectivity index (χ1) is 12.7. The second-order valence-electron chi connectivity index (χ2n) is 6.10. The standard InChI is InChI=1S/C21H18N2O2S/c1-15-7-9-17(10-8-15)25-12-11-23-14-22-20-18(21(23)24)13-19(26-20)16-5-3-2-4-6-16/h2-10,13-14H,11-12H2,1H3. The zero-order valence-electron chi connectivity index (χ0n) is 14.4. The highest BCUT2D eigenvalue weighted by Gasteiger charge is 2.10. The Labute approximate surface area is 155 Å². The molecule has 4 aromatic rings. The number of thiophene rings is 1. The topological polar surface area (TPSA) is 44.1 Å². The number of aryl methyl sites for hydroxylation is 1. The lowest BCUT2D eigenvalue weighted by atomic mass is 10.2. The van der Waals surface area contributed by atoms with E-state index in [-0.39, 0.29) is 5.56 Å². The van der Waals surface area contributed by atoms with E-state index < -0.39 is 0 Å². The summed E-state index contributed by atoms with van der Waals surface area (Å²) in [5.41, 5.74) is 2.26. The van der Waals surface area contributed by atoms with Crippen LogP contribution in [0.5, 0.6) is 5.75 Å². The summed E-state index contributed by atoms with van der Waals surface area (Å²) in [5, 5.41) is 0.659. The molecule has 0 fully saturated rings. The predicted octanol–water partition coefficient (Wildman–Crippen LogP) is 4.51. The van der Waals surface area contributed by atoms with Gasteiger partial charge in [-0.2, -0.15) is 0 Å². The van der Waals surface area contributed by atoms with Crippen molar-refractivity contribution in [3.05, 3.63) is 82.9 Å². The molecule has 0 spiro atoms. The summed E-state index contributed by atoms with van der Waals surface area (Å²) in [6, 6.07) is 19.9. The number of benzene rings is 2. The van der Waals surface area contributed by atoms with Crippen LogP contribution in [0.25, 0.3) is 20.7 Å². The fourth-order valence-electron chi connectivity index (χ4n) is 2.76. The molecular formula is C21H18N2O2S. The minimum atomic E-state index is -0.0269. The van der Waals surface area contributed by atoms with Gasteiger partial charge in [0.15, 0.2) is 0 Å². The molecule has 0 bridgehead atoms. The monoisotopic (exact) mass is 362 g/mol. The SMILES string of the molecule is Cc1ccc(OCCn2cnc3sc(-c4ccccc4)cc3c2=O)cc1. The van der Waals surface area contributed by atoms with Gasteiger partial charge in [0.25, 0.3) is 5.56 Å². The molecule has 0 aliphatic rings. The number of hydrogen-bond acceptors (Lipinski definition) is 4. The Morgan fingerprint density at radius 3 is 2.62 bits per heavy atom. The number of rotatable bonds is 5. The molecule has 5 heteroatoms. The van der Waals surface area contributed by atoms with Gasteiger partial charge in [0.05, 0.1) is 18.3 Å². The van der Waals surface area contributed by atoms with E-state index in [9.17, 15) is 4.79 Å². The second kappa shape index (κ2) is 7.14. The average Bonchev–Trinajstić information content (AvgIpc) is 3.11. The Bertz CT molecular complexity index is 1080. The van der Waals surface area contributed by atoms with Crippen molar-refractivity contribution < 1.29 is 4.74 Å². The summed E-state index contributed by atoms with van der Waals surface area (Å²) in [4.78, 5) is 19.0. The van der Waals surface area contributed by atoms with Gasteiger partial charge >= 0.3 is 0 Å². The largest absolute Gasteiger partial charge is 0.492 e. The summed E-state index contributed by atoms with van der Waals surface area (Å²) in [6.07, 6.45) is 1.61. The Kier molecular flexibility index (Phi) is 4.54. The van der Waals surface area contributed by atoms with Crippen molar-refractivity contribution in [2.75, 3.05) is 6.61 Å². The van der Waals surface area contributed by atoms with E-state index in [1.165, 1.54) is 16.9 Å². The third kappa shape index (κ3) is 3.39. The summed E-state index contributed by atoms with van der Waals surface area (Å²) in [6.45, 7) is 2.92. The molecule has 0 saturated carbocycles. The lowest BCUT2D eigenvalue weighted by Crippen LogP contribution is -2.23. The van der Waals surface area contributed by atoms with Crippen LogP contribution in [0.15, 0.2) is 71.8 Å². The minimum Gasteiger partial charge on any atom is -0.492 e. The fraction of sp³-hybridized carbons (Fsp3) is 0.143. The zero-order valence-corrected chi connectivity index (χ0v) is 15.2. The van der Waals surface area contributed by atoms with Crippen molar-refractivity contribution in [1.82, 2.24) is 9.55 Å². The molecule has 4 nitrogen and oxygen atoms in total. The average molecular weight is 362 g/mol. The van der Waals surface area contributed by atoms with Crippen LogP contribution in [0.1, 0.15) is 5.56 Å². The first-order valence-corrected chi connectivity index (χ1v) is 9.26. The number of nitrogens with zero attached hydrogens (tertiary/aromatic N) is 2. The molecule has 2 heterocycles. The van der Waals surface area contributed by atoms with Gasteiger partial charge in [0.2, 0.25) is 0 Å². The Hall–Kier alpha value is -2.92. The minimum absolute atomic E-state index is 0.0269. The van der Waals surface area contributed by atoms with Gasteiger partial charge in [0, 0.05) is 4.88 Å². The van der Waals surface area contributed by atoms with Crippen molar-refractivity contribution in [2.45, 2.75) is 13.5 Å². The molecule has 0 aliphatic heterocycles. The Morgan fingerprint density at radius 2 is 1.85 bits per heavy atom. The molecule has 0 amide bonds. The van der Waals surface area contributed by atoms with Crippen molar-refractivity contribution in [2.24, 2.45) is 0 Å². The van der Waals surface area contributed by atoms with E-state index in [0.29, 0.717) is 18.5 Å². The number of fused-ring (bicyclic) bond motifs is 1. The van der Waals surface area contributed by atoms with Gasteiger partial charge in [-0.05, 0) is 30.7 Å². The Morgan fingerprint density at radius 1 is 1.08 bits per heavy atom. The normalized spacial score (nSPS) is 11.0. The van der Waals surface area contributed by atoms with Gasteiger partial charge in [-0.3, -0.25) is 9.36 Å². The first kappa shape index (κ1) is 16.5. The molecule has 0 atom stereocenters. The molecule has 2 aromatic carbocycles. The van der Waals surface area contributed by atoms with E-state index in [1.807, 2.05) is 67.6 Å². The van der Waals surface area contributed by atoms with Crippen LogP contribution in [-0.4, -0.2) is 16.2 Å². The van der Waals surface area contributed by atoms with Crippen LogP contribution in [0.3, 0.4) is 0 Å². The number of aromatic nitrogens is 2. The van der Waals surface area contributed by atoms with Crippen LogP contribution >= 0.6 is 11.3 Å². The third-order valence-corrected chi connectivity index (χ3v) is 5.29. The molecule has 0 N–H and O–H groups in total. The van der Waals surface area contributed by atoms with Crippen molar-refractivity contribution in [3.8, 4) is 16.2 Å². The number of ether oxygens (including phenoxy) is 1. The maximum absolute atomic E-state index is 12.7. The van der Waals surface area contributed by atoms with E-state index in [4.69, 9.17) is 4.74 Å². The molecule has 0 saturated heterocycles. The first-order valence-electron chi connectivity index (χ1n) is 8.44. The summed E-state index contributed by atoms with van der Waals surface area (Å²) < 4.78 is 7.33. The Balaban J connectivity index is 1.54. The molecule has 0 unspecified atom stereocenters. The lowest BCUT2D eigenvalue weighted by Gasteiger charge is -2.08. The van der Waals surface area contributed by atoms with Crippen LogP contribution in [0, 0.1) is 6.92 Å². The van der Waals surface area contributed by atoms with Gasteiger partial charge in [0.1, 0.15) is 17.2 Å². The predicted molar refractivity (Wildman–Crippen MR) is 106 cm³/mol. The molecule has 4 rings (SSSR count). The van der Waals surface area contributed by atoms with E-state index in [2.05, 4.69) is 4.98 Å². The van der Waals surface area contributed by atoms with Gasteiger partial charge < -0.3 is 4.74 Å². The summed E-state index contributed by atoms with van der Waals surface area (Å²) >= 11 is 1.54. The summed E-state index contributed by atoms with van der Waals surface area (Å²) in [7, 11) is 0. The highest BCUT2D eigenvalue weighted by molar-refractivity contribution is 7.21. The molecule has 0 aliphatic carbocycles. The van der Waals surface area contributed by atoms with Gasteiger partial charge in [-0.1, -0.05) is 48.0 Å². The van der Waals surface area contributed by atoms with Crippen LogP contribution in [-0.2, 0) is 6.54 Å². The van der Waals surface area contributed by atoms with Crippen molar-refractivity contribution >= 4 is 21.6 Å². The summed E-state index contributed by atoms with van der Waals surface area (Å²) in [5.74, 6) is 0.805. The second-order valence-corrected chi connectivity index (χ2v) is 7.13. The lowest BCUT2D eigenvalue weighted by molar-refractivity contribution is 0.296. The molecule has 130 valence electrons. The maximum atomic E-state index is 12.7. The fourth-order valence-corrected chi connectivity index (χ4v) is 3.76. The van der Waals surface area contributed by atoms with Gasteiger partial charge in [-0.15, -0.1) is 11.3 Å². The van der Waals surface area contributed by atoms with E-state index in [1.54, 1.807) is 10.9 Å². The van der Waals surface area contributed by atoms with Crippen molar-refractivity contribution in [3.63, 3.8) is 0 Å². The maximum Gasteiger partial charge on any atom is 0.262 e. The molecule has 2 aromatic heterocycles. The molecular weight excluding hydrogens is 344 g/mol. The smallest absolute Gasteiger partial charge is 0.262 e. The van der Waals surface area contributed by atoms with E-state index in [0.717, 1.165) is 21.0 Å². The highest BCUT2D eigenvalue weighted by Crippen LogP contribution is 2.30. The molecule has 0 radical (unpaired) electrons. The third-order valence-electron chi connectivity index (χ3n) is 4.20. The van der Waals surface area contributed by atoms with Crippen LogP contribution < -0.4 is 10.3 Å². The molecule has 26 heavy (non-hydrogen) atoms. The van der Waals surface area contributed by atoms with E-state index >= 15 is 0 Å².